The zero-order valence-electron chi connectivity index (χ0n) is 13.8. The Hall–Kier alpha value is -2.42. The maximum Gasteiger partial charge on any atom is 0.223 e. The van der Waals surface area contributed by atoms with Gasteiger partial charge in [0.05, 0.1) is 17.7 Å². The molecule has 0 bridgehead atoms. The molecule has 1 aliphatic carbocycles. The predicted molar refractivity (Wildman–Crippen MR) is 97.7 cm³/mol. The Morgan fingerprint density at radius 3 is 2.92 bits per heavy atom. The van der Waals surface area contributed by atoms with Crippen molar-refractivity contribution in [3.05, 3.63) is 29.7 Å². The average molecular weight is 376 g/mol. The number of furan rings is 1. The molecule has 0 unspecified atom stereocenters. The number of rotatable bonds is 4. The van der Waals surface area contributed by atoms with Crippen LogP contribution < -0.4 is 11.1 Å². The van der Waals surface area contributed by atoms with E-state index in [2.05, 4.69) is 20.3 Å². The third-order valence-corrected chi connectivity index (χ3v) is 4.93. The predicted octanol–water partition coefficient (Wildman–Crippen LogP) is 2.06. The van der Waals surface area contributed by atoms with Gasteiger partial charge in [-0.2, -0.15) is 4.98 Å². The van der Waals surface area contributed by atoms with Crippen molar-refractivity contribution in [3.63, 3.8) is 0 Å². The minimum absolute atomic E-state index is 0.0187. The normalized spacial score (nSPS) is 22.8. The number of aromatic nitrogens is 3. The highest BCUT2D eigenvalue weighted by Gasteiger charge is 2.33. The molecule has 0 saturated heterocycles. The van der Waals surface area contributed by atoms with E-state index < -0.39 is 6.10 Å². The Morgan fingerprint density at radius 1 is 1.35 bits per heavy atom. The summed E-state index contributed by atoms with van der Waals surface area (Å²) in [5.74, 6) is 0.923. The Balaban J connectivity index is 1.75. The van der Waals surface area contributed by atoms with Crippen molar-refractivity contribution in [1.29, 1.82) is 0 Å². The van der Waals surface area contributed by atoms with Crippen molar-refractivity contribution in [2.75, 3.05) is 17.7 Å². The van der Waals surface area contributed by atoms with Crippen LogP contribution in [0.2, 0.25) is 5.15 Å². The number of nitrogens with two attached hydrogens (primary N) is 1. The second kappa shape index (κ2) is 6.71. The summed E-state index contributed by atoms with van der Waals surface area (Å²) < 4.78 is 5.86. The average Bonchev–Trinajstić information content (AvgIpc) is 3.17. The number of aliphatic hydroxyl groups excluding tert-OH is 2. The van der Waals surface area contributed by atoms with Crippen LogP contribution in [-0.2, 0) is 0 Å². The number of nitrogens with zero attached hydrogens (tertiary/aromatic N) is 3. The van der Waals surface area contributed by atoms with Gasteiger partial charge in [0.2, 0.25) is 5.95 Å². The molecule has 136 valence electrons. The van der Waals surface area contributed by atoms with Gasteiger partial charge in [-0.05, 0) is 30.9 Å². The number of hydrogen-bond donors (Lipinski definition) is 4. The first-order chi connectivity index (χ1) is 12.5. The first kappa shape index (κ1) is 17.0. The minimum atomic E-state index is -0.602. The van der Waals surface area contributed by atoms with E-state index in [4.69, 9.17) is 21.8 Å². The van der Waals surface area contributed by atoms with Gasteiger partial charge < -0.3 is 25.7 Å². The summed E-state index contributed by atoms with van der Waals surface area (Å²) in [6, 6.07) is 3.28. The fourth-order valence-corrected chi connectivity index (χ4v) is 3.65. The fraction of sp³-hybridized carbons (Fsp3) is 0.353. The molecular formula is C17H18ClN5O3. The zero-order valence-corrected chi connectivity index (χ0v) is 14.5. The Morgan fingerprint density at radius 2 is 2.19 bits per heavy atom. The van der Waals surface area contributed by atoms with Crippen LogP contribution in [-0.4, -0.2) is 43.9 Å². The van der Waals surface area contributed by atoms with E-state index in [0.29, 0.717) is 35.6 Å². The number of anilines is 2. The molecule has 4 rings (SSSR count). The van der Waals surface area contributed by atoms with E-state index >= 15 is 0 Å². The second-order valence-electron chi connectivity index (χ2n) is 6.46. The standard InChI is InChI=1S/C17H18ClN5O3/c18-15-14(13-5-9-6-20-2-1-12(9)26-13)16(23-17(19)22-15)21-10-3-8(7-24)4-11(10)25/h1-2,5-6,8,10-11,24-25H,3-4,7H2,(H3,19,21,22,23)/t8-,10+,11+/m0/s1. The molecule has 1 fully saturated rings. The SMILES string of the molecule is Nc1nc(Cl)c(-c2cc3cnccc3o2)c(N[C@@H]2C[C@H](CO)C[C@H]2O)n1. The van der Waals surface area contributed by atoms with Crippen LogP contribution in [0.3, 0.4) is 0 Å². The van der Waals surface area contributed by atoms with Crippen molar-refractivity contribution in [1.82, 2.24) is 15.0 Å². The molecule has 3 heterocycles. The van der Waals surface area contributed by atoms with Crippen LogP contribution in [0.1, 0.15) is 12.8 Å². The van der Waals surface area contributed by atoms with Crippen LogP contribution in [0.4, 0.5) is 11.8 Å². The highest BCUT2D eigenvalue weighted by molar-refractivity contribution is 6.32. The topological polar surface area (TPSA) is 130 Å². The number of fused-ring (bicyclic) bond motifs is 1. The van der Waals surface area contributed by atoms with Crippen LogP contribution in [0.5, 0.6) is 0 Å². The second-order valence-corrected chi connectivity index (χ2v) is 6.82. The summed E-state index contributed by atoms with van der Waals surface area (Å²) in [5, 5.41) is 23.8. The Kier molecular flexibility index (Phi) is 4.39. The Bertz CT molecular complexity index is 914. The first-order valence-corrected chi connectivity index (χ1v) is 8.65. The summed E-state index contributed by atoms with van der Waals surface area (Å²) in [6.45, 7) is 0.0331. The van der Waals surface area contributed by atoms with Crippen molar-refractivity contribution >= 4 is 34.3 Å². The highest BCUT2D eigenvalue weighted by Crippen LogP contribution is 2.38. The monoisotopic (exact) mass is 375 g/mol. The van der Waals surface area contributed by atoms with Gasteiger partial charge in [-0.1, -0.05) is 11.6 Å². The molecule has 0 aliphatic heterocycles. The van der Waals surface area contributed by atoms with Crippen molar-refractivity contribution in [3.8, 4) is 11.3 Å². The van der Waals surface area contributed by atoms with Gasteiger partial charge in [-0.15, -0.1) is 0 Å². The number of nitrogens with one attached hydrogen (secondary N) is 1. The van der Waals surface area contributed by atoms with Crippen LogP contribution in [0.15, 0.2) is 28.9 Å². The lowest BCUT2D eigenvalue weighted by Crippen LogP contribution is -2.29. The molecule has 8 nitrogen and oxygen atoms in total. The minimum Gasteiger partial charge on any atom is -0.456 e. The lowest BCUT2D eigenvalue weighted by atomic mass is 10.1. The molecule has 26 heavy (non-hydrogen) atoms. The molecule has 0 spiro atoms. The third-order valence-electron chi connectivity index (χ3n) is 4.65. The van der Waals surface area contributed by atoms with Gasteiger partial charge in [0.25, 0.3) is 0 Å². The number of hydrogen-bond acceptors (Lipinski definition) is 8. The number of aliphatic hydroxyl groups is 2. The molecule has 0 amide bonds. The highest BCUT2D eigenvalue weighted by atomic mass is 35.5. The first-order valence-electron chi connectivity index (χ1n) is 8.27. The quantitative estimate of drug-likeness (QED) is 0.510. The van der Waals surface area contributed by atoms with E-state index in [1.165, 1.54) is 0 Å². The molecule has 3 aromatic heterocycles. The molecular weight excluding hydrogens is 358 g/mol. The third kappa shape index (κ3) is 3.07. The number of halogens is 1. The number of pyridine rings is 1. The van der Waals surface area contributed by atoms with Crippen molar-refractivity contribution < 1.29 is 14.6 Å². The lowest BCUT2D eigenvalue weighted by Gasteiger charge is -2.19. The molecule has 3 aromatic rings. The van der Waals surface area contributed by atoms with Crippen molar-refractivity contribution in [2.45, 2.75) is 25.0 Å². The molecule has 9 heteroatoms. The summed E-state index contributed by atoms with van der Waals surface area (Å²) in [7, 11) is 0. The van der Waals surface area contributed by atoms with Gasteiger partial charge in [-0.3, -0.25) is 4.98 Å². The fourth-order valence-electron chi connectivity index (χ4n) is 3.38. The molecule has 0 radical (unpaired) electrons. The van der Waals surface area contributed by atoms with Crippen molar-refractivity contribution in [2.24, 2.45) is 5.92 Å². The summed E-state index contributed by atoms with van der Waals surface area (Å²) in [4.78, 5) is 12.3. The van der Waals surface area contributed by atoms with Crippen LogP contribution in [0.25, 0.3) is 22.3 Å². The van der Waals surface area contributed by atoms with E-state index in [9.17, 15) is 10.2 Å². The zero-order chi connectivity index (χ0) is 18.3. The Labute approximate surface area is 154 Å². The van der Waals surface area contributed by atoms with E-state index in [1.54, 1.807) is 24.5 Å². The smallest absolute Gasteiger partial charge is 0.223 e. The van der Waals surface area contributed by atoms with Gasteiger partial charge >= 0.3 is 0 Å². The van der Waals surface area contributed by atoms with Crippen LogP contribution in [0, 0.1) is 5.92 Å². The van der Waals surface area contributed by atoms with E-state index in [1.807, 2.05) is 0 Å². The molecule has 5 N–H and O–H groups in total. The molecule has 0 aromatic carbocycles. The number of nitrogen functional groups attached to an aromatic ring is 1. The summed E-state index contributed by atoms with van der Waals surface area (Å²) in [6.07, 6.45) is 3.86. The van der Waals surface area contributed by atoms with Gasteiger partial charge in [0.15, 0.2) is 0 Å². The van der Waals surface area contributed by atoms with Crippen LogP contribution >= 0.6 is 11.6 Å². The summed E-state index contributed by atoms with van der Waals surface area (Å²) in [5.41, 5.74) is 6.89. The molecule has 3 atom stereocenters. The lowest BCUT2D eigenvalue weighted by molar-refractivity contribution is 0.157. The van der Waals surface area contributed by atoms with Gasteiger partial charge in [0.1, 0.15) is 22.3 Å². The van der Waals surface area contributed by atoms with Gasteiger partial charge in [-0.25, -0.2) is 4.98 Å². The summed E-state index contributed by atoms with van der Waals surface area (Å²) >= 11 is 6.33. The molecule has 1 aliphatic rings. The maximum atomic E-state index is 10.3. The van der Waals surface area contributed by atoms with Gasteiger partial charge in [0, 0.05) is 24.4 Å². The maximum absolute atomic E-state index is 10.3. The van der Waals surface area contributed by atoms with E-state index in [-0.39, 0.29) is 29.7 Å². The molecule has 1 saturated carbocycles. The largest absolute Gasteiger partial charge is 0.456 e. The van der Waals surface area contributed by atoms with E-state index in [0.717, 1.165) is 5.39 Å².